The van der Waals surface area contributed by atoms with E-state index in [1.807, 2.05) is 0 Å². The fraction of sp³-hybridized carbons (Fsp3) is 0. The first-order chi connectivity index (χ1) is 30.9. The Kier molecular flexibility index (Phi) is 15.5. The number of nitrogens with one attached hydrogen (secondary N) is 4. The van der Waals surface area contributed by atoms with Crippen LogP contribution < -0.4 is 32.7 Å². The second kappa shape index (κ2) is 20.6. The number of amides is 4. The zero-order valence-corrected chi connectivity index (χ0v) is 36.9. The summed E-state index contributed by atoms with van der Waals surface area (Å²) in [7, 11) is -18.6. The predicted molar refractivity (Wildman–Crippen MR) is 250 cm³/mol. The molecule has 6 rings (SSSR count). The molecule has 0 radical (unpaired) electrons. The normalized spacial score (nSPS) is 11.9. The van der Waals surface area contributed by atoms with Gasteiger partial charge in [-0.25, -0.2) is 9.59 Å². The number of para-hydroxylation sites is 2. The van der Waals surface area contributed by atoms with Crippen LogP contribution in [0.4, 0.5) is 43.7 Å². The van der Waals surface area contributed by atoms with Crippen LogP contribution in [0, 0.1) is 0 Å². The average molecular weight is 979 g/mol. The van der Waals surface area contributed by atoms with Crippen molar-refractivity contribution in [2.45, 2.75) is 19.6 Å². The number of carbonyl (C=O) groups excluding carboxylic acids is 2. The Morgan fingerprint density at radius 3 is 0.909 bits per heavy atom. The summed E-state index contributed by atoms with van der Waals surface area (Å²) in [6.07, 6.45) is 4.94. The first-order valence-electron chi connectivity index (χ1n) is 18.5. The van der Waals surface area contributed by atoms with E-state index in [9.17, 15) is 61.5 Å². The molecular formula is C42H38N6O14S4. The number of nitrogens with two attached hydrogens (primary N) is 2. The van der Waals surface area contributed by atoms with E-state index >= 15 is 0 Å². The van der Waals surface area contributed by atoms with Gasteiger partial charge < -0.3 is 32.7 Å². The van der Waals surface area contributed by atoms with E-state index in [4.69, 9.17) is 11.5 Å². The highest BCUT2D eigenvalue weighted by molar-refractivity contribution is 7.86. The maximum absolute atomic E-state index is 12.3. The van der Waals surface area contributed by atoms with Crippen LogP contribution in [0.2, 0.25) is 0 Å². The number of hydrogen-bond donors (Lipinski definition) is 10. The second-order valence-electron chi connectivity index (χ2n) is 13.6. The Morgan fingerprint density at radius 1 is 0.364 bits per heavy atom. The standard InChI is InChI=1S/C28H24N4O8S2.C14H14N2O6S2/c33-27(29-21-7-3-1-4-8-21)31-23-15-13-19(25(17-23)41(35,36)37)11-12-20-14-16-24(18-26(20)42(38,39)40)32-28(34)30-22-9-5-2-6-10-22;15-11-5-3-9(13(7-11)23(17,18)19)1-2-10-4-6-12(16)8-14(10)24(20,21)22/h1-18H,(H2,29,31,33)(H2,30,32,34)(H,35,36,37)(H,38,39,40);1-8H,15-16H2,(H,17,18,19)(H,20,21,22)/b12-11+;2-1+. The van der Waals surface area contributed by atoms with Crippen molar-refractivity contribution in [3.8, 4) is 0 Å². The average Bonchev–Trinajstić information content (AvgIpc) is 3.23. The van der Waals surface area contributed by atoms with Gasteiger partial charge in [-0.2, -0.15) is 33.7 Å². The van der Waals surface area contributed by atoms with Gasteiger partial charge in [0.25, 0.3) is 40.5 Å². The smallest absolute Gasteiger partial charge is 0.323 e. The van der Waals surface area contributed by atoms with Crippen molar-refractivity contribution >= 4 is 111 Å². The number of carbonyl (C=O) groups is 2. The fourth-order valence-corrected chi connectivity index (χ4v) is 8.62. The molecule has 6 aromatic rings. The van der Waals surface area contributed by atoms with Crippen molar-refractivity contribution in [2.75, 3.05) is 32.7 Å². The van der Waals surface area contributed by atoms with Crippen molar-refractivity contribution in [2.24, 2.45) is 0 Å². The lowest BCUT2D eigenvalue weighted by molar-refractivity contribution is 0.261. The maximum atomic E-state index is 12.3. The summed E-state index contributed by atoms with van der Waals surface area (Å²) in [5, 5.41) is 10.1. The molecule has 0 unspecified atom stereocenters. The van der Waals surface area contributed by atoms with E-state index in [-0.39, 0.29) is 45.0 Å². The molecule has 0 bridgehead atoms. The van der Waals surface area contributed by atoms with E-state index in [0.717, 1.165) is 24.3 Å². The number of rotatable bonds is 12. The molecule has 6 aromatic carbocycles. The zero-order valence-electron chi connectivity index (χ0n) is 33.7. The highest BCUT2D eigenvalue weighted by Gasteiger charge is 2.20. The molecule has 0 atom stereocenters. The molecule has 0 saturated heterocycles. The number of nitrogen functional groups attached to an aromatic ring is 2. The third-order valence-corrected chi connectivity index (χ3v) is 12.3. The fourth-order valence-electron chi connectivity index (χ4n) is 5.76. The molecule has 20 nitrogen and oxygen atoms in total. The Balaban J connectivity index is 0.000000288. The second-order valence-corrected chi connectivity index (χ2v) is 19.1. The van der Waals surface area contributed by atoms with Gasteiger partial charge in [0.1, 0.15) is 19.6 Å². The summed E-state index contributed by atoms with van der Waals surface area (Å²) in [5.41, 5.74) is 12.5. The van der Waals surface area contributed by atoms with Crippen LogP contribution >= 0.6 is 0 Å². The molecule has 0 saturated carbocycles. The Morgan fingerprint density at radius 2 is 0.621 bits per heavy atom. The highest BCUT2D eigenvalue weighted by atomic mass is 32.2. The molecule has 0 fully saturated rings. The molecule has 0 aliphatic heterocycles. The van der Waals surface area contributed by atoms with Gasteiger partial charge in [-0.15, -0.1) is 0 Å². The summed E-state index contributed by atoms with van der Waals surface area (Å²) in [4.78, 5) is 22.6. The van der Waals surface area contributed by atoms with E-state index in [0.29, 0.717) is 11.4 Å². The number of urea groups is 2. The van der Waals surface area contributed by atoms with Crippen LogP contribution in [0.1, 0.15) is 22.3 Å². The van der Waals surface area contributed by atoms with Crippen LogP contribution in [-0.4, -0.2) is 63.9 Å². The topological polar surface area (TPSA) is 352 Å². The van der Waals surface area contributed by atoms with Gasteiger partial charge in [-0.1, -0.05) is 85.0 Å². The lowest BCUT2D eigenvalue weighted by Gasteiger charge is -2.11. The van der Waals surface area contributed by atoms with Gasteiger partial charge in [-0.3, -0.25) is 18.2 Å². The van der Waals surface area contributed by atoms with Crippen LogP contribution in [0.25, 0.3) is 24.3 Å². The van der Waals surface area contributed by atoms with Crippen molar-refractivity contribution < 1.29 is 61.5 Å². The van der Waals surface area contributed by atoms with E-state index in [2.05, 4.69) is 21.3 Å². The van der Waals surface area contributed by atoms with Crippen molar-refractivity contribution in [3.63, 3.8) is 0 Å². The zero-order chi connectivity index (χ0) is 48.5. The van der Waals surface area contributed by atoms with Crippen molar-refractivity contribution in [1.82, 2.24) is 0 Å². The maximum Gasteiger partial charge on any atom is 0.323 e. The molecule has 4 amide bonds. The predicted octanol–water partition coefficient (Wildman–Crippen LogP) is 7.15. The molecule has 344 valence electrons. The minimum Gasteiger partial charge on any atom is -0.399 e. The van der Waals surface area contributed by atoms with Gasteiger partial charge >= 0.3 is 12.1 Å². The quantitative estimate of drug-likeness (QED) is 0.0330. The Bertz CT molecular complexity index is 3100. The third kappa shape index (κ3) is 14.3. The van der Waals surface area contributed by atoms with Gasteiger partial charge in [0, 0.05) is 34.1 Å². The van der Waals surface area contributed by atoms with E-state index < -0.39 is 72.1 Å². The monoisotopic (exact) mass is 978 g/mol. The first-order valence-corrected chi connectivity index (χ1v) is 24.2. The third-order valence-electron chi connectivity index (χ3n) is 8.68. The summed E-state index contributed by atoms with van der Waals surface area (Å²) >= 11 is 0. The van der Waals surface area contributed by atoms with Crippen molar-refractivity contribution in [1.29, 1.82) is 0 Å². The van der Waals surface area contributed by atoms with Crippen LogP contribution in [0.15, 0.2) is 153 Å². The molecule has 24 heteroatoms. The summed E-state index contributed by atoms with van der Waals surface area (Å²) < 4.78 is 132. The van der Waals surface area contributed by atoms with Crippen LogP contribution in [0.5, 0.6) is 0 Å². The number of hydrogen-bond acceptors (Lipinski definition) is 12. The molecule has 66 heavy (non-hydrogen) atoms. The van der Waals surface area contributed by atoms with E-state index in [1.54, 1.807) is 60.7 Å². The lowest BCUT2D eigenvalue weighted by atomic mass is 10.1. The molecule has 0 aliphatic rings. The molecule has 0 aromatic heterocycles. The SMILES string of the molecule is Nc1ccc(/C=C/c2ccc(N)cc2S(=O)(=O)O)c(S(=O)(=O)O)c1.O=C(Nc1ccccc1)Nc1ccc(/C=C/c2ccc(NC(=O)Nc3ccccc3)cc2S(=O)(=O)O)c(S(=O)(=O)O)c1. The van der Waals surface area contributed by atoms with Crippen LogP contribution in [0.3, 0.4) is 0 Å². The molecule has 0 spiro atoms. The minimum absolute atomic E-state index is 0.0442. The Hall–Kier alpha value is -7.42. The lowest BCUT2D eigenvalue weighted by Crippen LogP contribution is -2.19. The molecular weight excluding hydrogens is 941 g/mol. The molecule has 12 N–H and O–H groups in total. The minimum atomic E-state index is -4.78. The van der Waals surface area contributed by atoms with E-state index in [1.165, 1.54) is 72.8 Å². The summed E-state index contributed by atoms with van der Waals surface area (Å²) in [5.74, 6) is 0. The highest BCUT2D eigenvalue weighted by Crippen LogP contribution is 2.28. The summed E-state index contributed by atoms with van der Waals surface area (Å²) in [6, 6.07) is 30.7. The Labute approximate surface area is 378 Å². The van der Waals surface area contributed by atoms with Gasteiger partial charge in [0.15, 0.2) is 0 Å². The first kappa shape index (κ1) is 49.6. The molecule has 0 aliphatic carbocycles. The number of benzene rings is 6. The van der Waals surface area contributed by atoms with Gasteiger partial charge in [0.2, 0.25) is 0 Å². The van der Waals surface area contributed by atoms with Crippen LogP contribution in [-0.2, 0) is 40.5 Å². The summed E-state index contributed by atoms with van der Waals surface area (Å²) in [6.45, 7) is 0. The largest absolute Gasteiger partial charge is 0.399 e. The van der Waals surface area contributed by atoms with Gasteiger partial charge in [0.05, 0.1) is 0 Å². The molecule has 0 heterocycles. The van der Waals surface area contributed by atoms with Gasteiger partial charge in [-0.05, 0) is 95.1 Å². The van der Waals surface area contributed by atoms with Crippen molar-refractivity contribution in [3.05, 3.63) is 156 Å². The number of anilines is 6.